The van der Waals surface area contributed by atoms with Gasteiger partial charge in [0.05, 0.1) is 12.6 Å². The van der Waals surface area contributed by atoms with Crippen molar-refractivity contribution in [1.29, 1.82) is 0 Å². The first-order valence-corrected chi connectivity index (χ1v) is 3.62. The number of aliphatic hydroxyl groups is 1. The van der Waals surface area contributed by atoms with Gasteiger partial charge in [0.2, 0.25) is 0 Å². The summed E-state index contributed by atoms with van der Waals surface area (Å²) < 4.78 is 5.30. The molecule has 1 heterocycles. The SMILES string of the molecule is CNC(CO)c1ccc(C)o1. The number of hydrogen-bond acceptors (Lipinski definition) is 3. The molecule has 0 radical (unpaired) electrons. The maximum absolute atomic E-state index is 8.87. The van der Waals surface area contributed by atoms with Gasteiger partial charge in [0.1, 0.15) is 11.5 Å². The Hall–Kier alpha value is -0.800. The van der Waals surface area contributed by atoms with Crippen molar-refractivity contribution in [3.8, 4) is 0 Å². The predicted octanol–water partition coefficient (Wildman–Crippen LogP) is 0.841. The Bertz CT molecular complexity index is 216. The summed E-state index contributed by atoms with van der Waals surface area (Å²) in [6, 6.07) is 3.67. The van der Waals surface area contributed by atoms with Crippen LogP contribution >= 0.6 is 0 Å². The first-order chi connectivity index (χ1) is 5.27. The number of hydrogen-bond donors (Lipinski definition) is 2. The number of aliphatic hydroxyl groups excluding tert-OH is 1. The van der Waals surface area contributed by atoms with Gasteiger partial charge in [-0.15, -0.1) is 0 Å². The van der Waals surface area contributed by atoms with Gasteiger partial charge >= 0.3 is 0 Å². The first kappa shape index (κ1) is 8.30. The summed E-state index contributed by atoms with van der Waals surface area (Å²) in [5, 5.41) is 11.8. The van der Waals surface area contributed by atoms with Gasteiger partial charge in [-0.2, -0.15) is 0 Å². The molecule has 62 valence electrons. The van der Waals surface area contributed by atoms with E-state index < -0.39 is 0 Å². The molecule has 0 fully saturated rings. The highest BCUT2D eigenvalue weighted by atomic mass is 16.3. The molecule has 0 saturated heterocycles. The van der Waals surface area contributed by atoms with Crippen LogP contribution in [0, 0.1) is 6.92 Å². The quantitative estimate of drug-likeness (QED) is 0.680. The molecule has 3 heteroatoms. The highest BCUT2D eigenvalue weighted by Crippen LogP contribution is 2.14. The van der Waals surface area contributed by atoms with Crippen molar-refractivity contribution in [2.24, 2.45) is 0 Å². The predicted molar refractivity (Wildman–Crippen MR) is 42.3 cm³/mol. The van der Waals surface area contributed by atoms with E-state index in [1.54, 1.807) is 7.05 Å². The number of nitrogens with one attached hydrogen (secondary N) is 1. The average Bonchev–Trinajstić information content (AvgIpc) is 2.39. The minimum atomic E-state index is -0.0799. The summed E-state index contributed by atoms with van der Waals surface area (Å²) in [6.45, 7) is 1.94. The van der Waals surface area contributed by atoms with E-state index in [0.29, 0.717) is 0 Å². The molecule has 1 aromatic heterocycles. The van der Waals surface area contributed by atoms with E-state index >= 15 is 0 Å². The Morgan fingerprint density at radius 3 is 2.73 bits per heavy atom. The van der Waals surface area contributed by atoms with Crippen LogP contribution in [0.2, 0.25) is 0 Å². The van der Waals surface area contributed by atoms with Crippen LogP contribution in [0.15, 0.2) is 16.5 Å². The van der Waals surface area contributed by atoms with Crippen LogP contribution in [0.25, 0.3) is 0 Å². The van der Waals surface area contributed by atoms with Crippen LogP contribution in [0.3, 0.4) is 0 Å². The summed E-state index contributed by atoms with van der Waals surface area (Å²) in [7, 11) is 1.79. The van der Waals surface area contributed by atoms with Crippen molar-refractivity contribution in [2.45, 2.75) is 13.0 Å². The van der Waals surface area contributed by atoms with Crippen LogP contribution in [-0.4, -0.2) is 18.8 Å². The highest BCUT2D eigenvalue weighted by Gasteiger charge is 2.10. The molecule has 0 aliphatic rings. The van der Waals surface area contributed by atoms with Gasteiger partial charge in [-0.05, 0) is 26.1 Å². The highest BCUT2D eigenvalue weighted by molar-refractivity contribution is 5.09. The first-order valence-electron chi connectivity index (χ1n) is 3.62. The largest absolute Gasteiger partial charge is 0.465 e. The van der Waals surface area contributed by atoms with Crippen LogP contribution in [0.1, 0.15) is 17.6 Å². The van der Waals surface area contributed by atoms with Crippen molar-refractivity contribution >= 4 is 0 Å². The molecule has 0 saturated carbocycles. The smallest absolute Gasteiger partial charge is 0.123 e. The average molecular weight is 155 g/mol. The Labute approximate surface area is 66.0 Å². The zero-order valence-electron chi connectivity index (χ0n) is 6.79. The second-order valence-corrected chi connectivity index (χ2v) is 2.47. The van der Waals surface area contributed by atoms with Crippen molar-refractivity contribution in [1.82, 2.24) is 5.32 Å². The summed E-state index contributed by atoms with van der Waals surface area (Å²) >= 11 is 0. The standard InChI is InChI=1S/C8H13NO2/c1-6-3-4-8(11-6)7(5-10)9-2/h3-4,7,9-10H,5H2,1-2H3. The third-order valence-corrected chi connectivity index (χ3v) is 1.64. The lowest BCUT2D eigenvalue weighted by atomic mass is 10.2. The second kappa shape index (κ2) is 3.55. The summed E-state index contributed by atoms with van der Waals surface area (Å²) in [6.07, 6.45) is 0. The van der Waals surface area contributed by atoms with Crippen LogP contribution in [0.5, 0.6) is 0 Å². The van der Waals surface area contributed by atoms with Gasteiger partial charge < -0.3 is 14.8 Å². The molecule has 0 amide bonds. The molecule has 0 bridgehead atoms. The number of furan rings is 1. The van der Waals surface area contributed by atoms with Crippen molar-refractivity contribution in [2.75, 3.05) is 13.7 Å². The minimum absolute atomic E-state index is 0.0590. The maximum atomic E-state index is 8.87. The fourth-order valence-electron chi connectivity index (χ4n) is 0.964. The Morgan fingerprint density at radius 2 is 2.36 bits per heavy atom. The summed E-state index contributed by atoms with van der Waals surface area (Å²) in [5.41, 5.74) is 0. The van der Waals surface area contributed by atoms with E-state index in [1.165, 1.54) is 0 Å². The van der Waals surface area contributed by atoms with Crippen LogP contribution < -0.4 is 5.32 Å². The Morgan fingerprint density at radius 1 is 1.64 bits per heavy atom. The van der Waals surface area contributed by atoms with Gasteiger partial charge in [-0.1, -0.05) is 0 Å². The summed E-state index contributed by atoms with van der Waals surface area (Å²) in [5.74, 6) is 1.65. The molecule has 2 N–H and O–H groups in total. The fraction of sp³-hybridized carbons (Fsp3) is 0.500. The molecule has 0 aromatic carbocycles. The van der Waals surface area contributed by atoms with E-state index in [-0.39, 0.29) is 12.6 Å². The van der Waals surface area contributed by atoms with E-state index in [2.05, 4.69) is 5.32 Å². The second-order valence-electron chi connectivity index (χ2n) is 2.47. The molecule has 3 nitrogen and oxygen atoms in total. The Kier molecular flexibility index (Phi) is 2.68. The molecule has 1 aromatic rings. The molecular weight excluding hydrogens is 142 g/mol. The maximum Gasteiger partial charge on any atom is 0.123 e. The lowest BCUT2D eigenvalue weighted by Gasteiger charge is -2.08. The van der Waals surface area contributed by atoms with E-state index in [4.69, 9.17) is 9.52 Å². The van der Waals surface area contributed by atoms with Crippen LogP contribution in [0.4, 0.5) is 0 Å². The number of aryl methyl sites for hydroxylation is 1. The van der Waals surface area contributed by atoms with E-state index in [1.807, 2.05) is 19.1 Å². The number of rotatable bonds is 3. The molecule has 1 rings (SSSR count). The molecule has 0 aliphatic heterocycles. The van der Waals surface area contributed by atoms with Gasteiger partial charge in [0, 0.05) is 0 Å². The van der Waals surface area contributed by atoms with Crippen molar-refractivity contribution in [3.05, 3.63) is 23.7 Å². The van der Waals surface area contributed by atoms with Crippen molar-refractivity contribution < 1.29 is 9.52 Å². The van der Waals surface area contributed by atoms with Crippen LogP contribution in [-0.2, 0) is 0 Å². The lowest BCUT2D eigenvalue weighted by Crippen LogP contribution is -2.19. The van der Waals surface area contributed by atoms with E-state index in [0.717, 1.165) is 11.5 Å². The fourth-order valence-corrected chi connectivity index (χ4v) is 0.964. The van der Waals surface area contributed by atoms with Crippen molar-refractivity contribution in [3.63, 3.8) is 0 Å². The third kappa shape index (κ3) is 1.82. The zero-order valence-corrected chi connectivity index (χ0v) is 6.79. The molecular formula is C8H13NO2. The van der Waals surface area contributed by atoms with Gasteiger partial charge in [-0.3, -0.25) is 0 Å². The number of likely N-dealkylation sites (N-methyl/N-ethyl adjacent to an activating group) is 1. The van der Waals surface area contributed by atoms with Gasteiger partial charge in [0.15, 0.2) is 0 Å². The van der Waals surface area contributed by atoms with Gasteiger partial charge in [-0.25, -0.2) is 0 Å². The molecule has 0 aliphatic carbocycles. The molecule has 1 unspecified atom stereocenters. The van der Waals surface area contributed by atoms with E-state index in [9.17, 15) is 0 Å². The minimum Gasteiger partial charge on any atom is -0.465 e. The molecule has 1 atom stereocenters. The lowest BCUT2D eigenvalue weighted by molar-refractivity contribution is 0.232. The zero-order chi connectivity index (χ0) is 8.27. The van der Waals surface area contributed by atoms with Gasteiger partial charge in [0.25, 0.3) is 0 Å². The topological polar surface area (TPSA) is 45.4 Å². The molecule has 11 heavy (non-hydrogen) atoms. The third-order valence-electron chi connectivity index (χ3n) is 1.64. The summed E-state index contributed by atoms with van der Waals surface area (Å²) in [4.78, 5) is 0. The molecule has 0 spiro atoms. The Balaban J connectivity index is 2.73. The monoisotopic (exact) mass is 155 g/mol. The normalized spacial score (nSPS) is 13.4.